The summed E-state index contributed by atoms with van der Waals surface area (Å²) in [6.45, 7) is 0.429. The lowest BCUT2D eigenvalue weighted by Crippen LogP contribution is -2.27. The number of anilines is 1. The molecule has 1 aliphatic heterocycles. The molecule has 0 spiro atoms. The van der Waals surface area contributed by atoms with Crippen LogP contribution in [0.4, 0.5) is 10.1 Å². The van der Waals surface area contributed by atoms with Gasteiger partial charge in [0.15, 0.2) is 4.32 Å². The second-order valence-electron chi connectivity index (χ2n) is 7.61. The summed E-state index contributed by atoms with van der Waals surface area (Å²) >= 11 is 12.5. The summed E-state index contributed by atoms with van der Waals surface area (Å²) in [7, 11) is 0. The molecule has 1 aliphatic rings. The number of carbonyl (C=O) groups is 1. The first kappa shape index (κ1) is 22.6. The fraction of sp³-hybridized carbons (Fsp3) is 0.0370. The molecule has 168 valence electrons. The standard InChI is InChI=1S/C27H17ClFNO2S2/c28-23-15-20(11-12-24(23)29)30-26(31)25(34-27(30)33)14-17-5-3-9-21(13-17)32-16-19-8-4-7-18-6-1-2-10-22(18)19/h1-15H,16H2/b25-14+. The first-order valence-electron chi connectivity index (χ1n) is 10.4. The van der Waals surface area contributed by atoms with Gasteiger partial charge in [-0.1, -0.05) is 90.2 Å². The van der Waals surface area contributed by atoms with Crippen LogP contribution in [0, 0.1) is 5.82 Å². The molecule has 0 N–H and O–H groups in total. The van der Waals surface area contributed by atoms with Gasteiger partial charge in [0.25, 0.3) is 5.91 Å². The highest BCUT2D eigenvalue weighted by atomic mass is 35.5. The Kier molecular flexibility index (Phi) is 6.37. The summed E-state index contributed by atoms with van der Waals surface area (Å²) in [5.41, 5.74) is 2.35. The smallest absolute Gasteiger partial charge is 0.270 e. The van der Waals surface area contributed by atoms with Crippen molar-refractivity contribution in [1.82, 2.24) is 0 Å². The van der Waals surface area contributed by atoms with Gasteiger partial charge in [-0.15, -0.1) is 0 Å². The van der Waals surface area contributed by atoms with E-state index < -0.39 is 5.82 Å². The fourth-order valence-electron chi connectivity index (χ4n) is 3.74. The topological polar surface area (TPSA) is 29.5 Å². The Morgan fingerprint density at radius 3 is 2.65 bits per heavy atom. The van der Waals surface area contributed by atoms with Gasteiger partial charge in [0.2, 0.25) is 0 Å². The maximum absolute atomic E-state index is 13.5. The van der Waals surface area contributed by atoms with E-state index in [1.54, 1.807) is 6.08 Å². The molecule has 7 heteroatoms. The van der Waals surface area contributed by atoms with Crippen molar-refractivity contribution in [1.29, 1.82) is 0 Å². The van der Waals surface area contributed by atoms with Crippen LogP contribution in [0.2, 0.25) is 5.02 Å². The Bertz CT molecular complexity index is 1460. The van der Waals surface area contributed by atoms with Crippen molar-refractivity contribution in [3.8, 4) is 5.75 Å². The number of thiocarbonyl (C=S) groups is 1. The molecule has 0 aliphatic carbocycles. The van der Waals surface area contributed by atoms with Gasteiger partial charge in [0.1, 0.15) is 18.2 Å². The normalized spacial score (nSPS) is 14.9. The number of amides is 1. The lowest BCUT2D eigenvalue weighted by molar-refractivity contribution is -0.113. The number of fused-ring (bicyclic) bond motifs is 1. The van der Waals surface area contributed by atoms with E-state index in [2.05, 4.69) is 24.3 Å². The van der Waals surface area contributed by atoms with E-state index in [-0.39, 0.29) is 10.9 Å². The second-order valence-corrected chi connectivity index (χ2v) is 9.70. The highest BCUT2D eigenvalue weighted by Gasteiger charge is 2.33. The predicted octanol–water partition coefficient (Wildman–Crippen LogP) is 7.62. The van der Waals surface area contributed by atoms with Crippen molar-refractivity contribution in [2.45, 2.75) is 6.61 Å². The summed E-state index contributed by atoms with van der Waals surface area (Å²) < 4.78 is 20.0. The minimum atomic E-state index is -0.549. The molecule has 0 saturated carbocycles. The molecule has 4 aromatic rings. The first-order chi connectivity index (χ1) is 16.5. The fourth-order valence-corrected chi connectivity index (χ4v) is 5.21. The summed E-state index contributed by atoms with van der Waals surface area (Å²) in [6.07, 6.45) is 1.77. The van der Waals surface area contributed by atoms with Gasteiger partial charge in [-0.2, -0.15) is 0 Å². The van der Waals surface area contributed by atoms with Gasteiger partial charge < -0.3 is 4.74 Å². The molecule has 0 bridgehead atoms. The van der Waals surface area contributed by atoms with Crippen LogP contribution in [0.5, 0.6) is 5.75 Å². The van der Waals surface area contributed by atoms with Crippen LogP contribution in [-0.2, 0) is 11.4 Å². The van der Waals surface area contributed by atoms with Crippen LogP contribution in [-0.4, -0.2) is 10.2 Å². The number of nitrogens with zero attached hydrogens (tertiary/aromatic N) is 1. The molecule has 0 unspecified atom stereocenters. The molecule has 5 rings (SSSR count). The highest BCUT2D eigenvalue weighted by Crippen LogP contribution is 2.37. The molecule has 1 heterocycles. The van der Waals surface area contributed by atoms with Gasteiger partial charge in [0.05, 0.1) is 15.6 Å². The molecule has 0 aromatic heterocycles. The van der Waals surface area contributed by atoms with Gasteiger partial charge >= 0.3 is 0 Å². The van der Waals surface area contributed by atoms with Gasteiger partial charge in [0, 0.05) is 0 Å². The quantitative estimate of drug-likeness (QED) is 0.206. The molecule has 3 nitrogen and oxygen atoms in total. The Balaban J connectivity index is 1.35. The number of hydrogen-bond donors (Lipinski definition) is 0. The molecule has 1 saturated heterocycles. The van der Waals surface area contributed by atoms with Crippen LogP contribution >= 0.6 is 35.6 Å². The summed E-state index contributed by atoms with van der Waals surface area (Å²) in [4.78, 5) is 14.8. The third-order valence-electron chi connectivity index (χ3n) is 5.39. The summed E-state index contributed by atoms with van der Waals surface area (Å²) in [5, 5.41) is 2.26. The average molecular weight is 506 g/mol. The molecule has 1 fully saturated rings. The molecule has 1 amide bonds. The zero-order valence-electron chi connectivity index (χ0n) is 17.7. The van der Waals surface area contributed by atoms with Gasteiger partial charge in [-0.3, -0.25) is 9.69 Å². The molecule has 4 aromatic carbocycles. The minimum Gasteiger partial charge on any atom is -0.489 e. The minimum absolute atomic E-state index is 0.0634. The largest absolute Gasteiger partial charge is 0.489 e. The maximum atomic E-state index is 13.5. The molecule has 0 atom stereocenters. The molecular formula is C27H17ClFNO2S2. The van der Waals surface area contributed by atoms with E-state index in [1.807, 2.05) is 42.5 Å². The molecule has 34 heavy (non-hydrogen) atoms. The zero-order chi connectivity index (χ0) is 23.7. The van der Waals surface area contributed by atoms with Crippen molar-refractivity contribution in [3.05, 3.63) is 112 Å². The van der Waals surface area contributed by atoms with E-state index in [0.29, 0.717) is 27.3 Å². The van der Waals surface area contributed by atoms with Crippen molar-refractivity contribution in [2.24, 2.45) is 0 Å². The molecule has 0 radical (unpaired) electrons. The van der Waals surface area contributed by atoms with Crippen LogP contribution in [0.1, 0.15) is 11.1 Å². The number of ether oxygens (including phenoxy) is 1. The van der Waals surface area contributed by atoms with Crippen molar-refractivity contribution >= 4 is 68.3 Å². The SMILES string of the molecule is O=C1/C(=C\c2cccc(OCc3cccc4ccccc34)c2)SC(=S)N1c1ccc(F)c(Cl)c1. The third-order valence-corrected chi connectivity index (χ3v) is 6.98. The lowest BCUT2D eigenvalue weighted by Gasteiger charge is -2.14. The van der Waals surface area contributed by atoms with Crippen LogP contribution in [0.15, 0.2) is 89.8 Å². The van der Waals surface area contributed by atoms with Crippen LogP contribution < -0.4 is 9.64 Å². The Morgan fingerprint density at radius 1 is 1.00 bits per heavy atom. The number of rotatable bonds is 5. The number of thioether (sulfide) groups is 1. The van der Waals surface area contributed by atoms with E-state index >= 15 is 0 Å². The second kappa shape index (κ2) is 9.58. The van der Waals surface area contributed by atoms with E-state index in [0.717, 1.165) is 16.5 Å². The van der Waals surface area contributed by atoms with E-state index in [4.69, 9.17) is 28.6 Å². The monoisotopic (exact) mass is 505 g/mol. The predicted molar refractivity (Wildman–Crippen MR) is 142 cm³/mol. The zero-order valence-corrected chi connectivity index (χ0v) is 20.1. The van der Waals surface area contributed by atoms with Gasteiger partial charge in [-0.05, 0) is 58.3 Å². The average Bonchev–Trinajstić information content (AvgIpc) is 3.12. The third kappa shape index (κ3) is 4.57. The number of hydrogen-bond acceptors (Lipinski definition) is 4. The Hall–Kier alpha value is -3.19. The van der Waals surface area contributed by atoms with Crippen LogP contribution in [0.3, 0.4) is 0 Å². The molecular weight excluding hydrogens is 489 g/mol. The Labute approximate surface area is 210 Å². The summed E-state index contributed by atoms with van der Waals surface area (Å²) in [5.74, 6) is -0.131. The lowest BCUT2D eigenvalue weighted by atomic mass is 10.1. The van der Waals surface area contributed by atoms with Gasteiger partial charge in [-0.25, -0.2) is 4.39 Å². The first-order valence-corrected chi connectivity index (χ1v) is 12.0. The number of carbonyl (C=O) groups excluding carboxylic acids is 1. The van der Waals surface area contributed by atoms with E-state index in [9.17, 15) is 9.18 Å². The highest BCUT2D eigenvalue weighted by molar-refractivity contribution is 8.27. The summed E-state index contributed by atoms with van der Waals surface area (Å²) in [6, 6.07) is 26.0. The van der Waals surface area contributed by atoms with Crippen molar-refractivity contribution in [3.63, 3.8) is 0 Å². The number of halogens is 2. The Morgan fingerprint density at radius 2 is 1.79 bits per heavy atom. The van der Waals surface area contributed by atoms with Crippen LogP contribution in [0.25, 0.3) is 16.8 Å². The number of benzene rings is 4. The maximum Gasteiger partial charge on any atom is 0.270 e. The van der Waals surface area contributed by atoms with E-state index in [1.165, 1.54) is 40.2 Å². The van der Waals surface area contributed by atoms with Crippen molar-refractivity contribution in [2.75, 3.05) is 4.90 Å². The van der Waals surface area contributed by atoms with Crippen molar-refractivity contribution < 1.29 is 13.9 Å².